The minimum Gasteiger partial charge on any atom is -0.405 e. The van der Waals surface area contributed by atoms with E-state index < -0.39 is 12.3 Å². The van der Waals surface area contributed by atoms with Crippen molar-refractivity contribution in [2.75, 3.05) is 0 Å². The number of fused-ring (bicyclic) bond motifs is 1. The van der Waals surface area contributed by atoms with Crippen molar-refractivity contribution in [2.45, 2.75) is 38.0 Å². The molecule has 0 amide bonds. The summed E-state index contributed by atoms with van der Waals surface area (Å²) in [6.45, 7) is 0. The van der Waals surface area contributed by atoms with E-state index in [4.69, 9.17) is 0 Å². The molecule has 0 spiro atoms. The summed E-state index contributed by atoms with van der Waals surface area (Å²) in [6, 6.07) is 11.0. The van der Waals surface area contributed by atoms with Crippen LogP contribution in [-0.4, -0.2) is 22.3 Å². The third-order valence-corrected chi connectivity index (χ3v) is 5.21. The van der Waals surface area contributed by atoms with Gasteiger partial charge in [-0.2, -0.15) is 0 Å². The Hall–Kier alpha value is -2.61. The summed E-state index contributed by atoms with van der Waals surface area (Å²) in [7, 11) is 0. The number of benzene rings is 2. The van der Waals surface area contributed by atoms with E-state index in [9.17, 15) is 22.0 Å². The van der Waals surface area contributed by atoms with E-state index in [1.807, 2.05) is 6.08 Å². The summed E-state index contributed by atoms with van der Waals surface area (Å²) in [5, 5.41) is 0. The van der Waals surface area contributed by atoms with E-state index in [1.165, 1.54) is 12.1 Å². The second-order valence-electron chi connectivity index (χ2n) is 7.45. The summed E-state index contributed by atoms with van der Waals surface area (Å²) < 4.78 is 68.7. The molecule has 1 N–H and O–H groups in total. The van der Waals surface area contributed by atoms with Crippen molar-refractivity contribution in [1.29, 1.82) is 0 Å². The topological polar surface area (TPSA) is 37.9 Å². The number of para-hydroxylation sites is 1. The zero-order valence-corrected chi connectivity index (χ0v) is 17.1. The standard InChI is InChI=1S/C22H19F5N2O.ClH/c23-21(24)11-9-14(10-12-21)5-8-20-28-17-7-6-15(13-18(17)29-20)16-3-1-2-4-19(16)30-22(25,26)27;/h1-8,13-14H,9-12H2,(H,28,29);1H/b8-5+;. The number of nitrogens with zero attached hydrogens (tertiary/aromatic N) is 1. The van der Waals surface area contributed by atoms with Crippen molar-refractivity contribution in [1.82, 2.24) is 9.97 Å². The van der Waals surface area contributed by atoms with Crippen LogP contribution in [-0.2, 0) is 0 Å². The van der Waals surface area contributed by atoms with Gasteiger partial charge in [0.25, 0.3) is 0 Å². The Balaban J connectivity index is 0.00000272. The molecule has 0 unspecified atom stereocenters. The van der Waals surface area contributed by atoms with Crippen LogP contribution < -0.4 is 4.74 Å². The fourth-order valence-corrected chi connectivity index (χ4v) is 3.68. The van der Waals surface area contributed by atoms with Gasteiger partial charge in [-0.15, -0.1) is 25.6 Å². The van der Waals surface area contributed by atoms with Crippen molar-refractivity contribution >= 4 is 29.5 Å². The van der Waals surface area contributed by atoms with Gasteiger partial charge in [-0.1, -0.05) is 30.3 Å². The van der Waals surface area contributed by atoms with E-state index in [1.54, 1.807) is 36.4 Å². The van der Waals surface area contributed by atoms with Crippen LogP contribution in [0.5, 0.6) is 5.75 Å². The number of rotatable bonds is 4. The van der Waals surface area contributed by atoms with Crippen LogP contribution in [0.3, 0.4) is 0 Å². The normalized spacial score (nSPS) is 17.1. The predicted octanol–water partition coefficient (Wildman–Crippen LogP) is 7.39. The number of H-pyrrole nitrogens is 1. The molecule has 4 rings (SSSR count). The van der Waals surface area contributed by atoms with Crippen molar-refractivity contribution in [2.24, 2.45) is 5.92 Å². The van der Waals surface area contributed by atoms with Crippen LogP contribution in [0, 0.1) is 5.92 Å². The summed E-state index contributed by atoms with van der Waals surface area (Å²) in [6.07, 6.45) is -0.465. The fourth-order valence-electron chi connectivity index (χ4n) is 3.68. The minimum absolute atomic E-state index is 0. The average molecular weight is 459 g/mol. The van der Waals surface area contributed by atoms with Gasteiger partial charge < -0.3 is 9.72 Å². The molecule has 166 valence electrons. The maximum Gasteiger partial charge on any atom is 0.573 e. The van der Waals surface area contributed by atoms with Crippen molar-refractivity contribution in [3.8, 4) is 16.9 Å². The van der Waals surface area contributed by atoms with E-state index in [-0.39, 0.29) is 36.9 Å². The first-order valence-corrected chi connectivity index (χ1v) is 9.59. The zero-order chi connectivity index (χ0) is 21.4. The molecule has 0 atom stereocenters. The van der Waals surface area contributed by atoms with Crippen LogP contribution >= 0.6 is 12.4 Å². The first kappa shape index (κ1) is 23.1. The van der Waals surface area contributed by atoms with Crippen molar-refractivity contribution < 1.29 is 26.7 Å². The van der Waals surface area contributed by atoms with Crippen LogP contribution in [0.4, 0.5) is 22.0 Å². The number of imidazole rings is 1. The highest BCUT2D eigenvalue weighted by Crippen LogP contribution is 2.37. The van der Waals surface area contributed by atoms with Gasteiger partial charge in [-0.3, -0.25) is 0 Å². The van der Waals surface area contributed by atoms with Crippen molar-refractivity contribution in [3.05, 3.63) is 54.4 Å². The highest BCUT2D eigenvalue weighted by molar-refractivity contribution is 5.85. The van der Waals surface area contributed by atoms with Gasteiger partial charge in [0.1, 0.15) is 11.6 Å². The molecule has 1 aliphatic rings. The smallest absolute Gasteiger partial charge is 0.405 e. The number of nitrogens with one attached hydrogen (secondary N) is 1. The number of hydrogen-bond acceptors (Lipinski definition) is 2. The molecule has 1 heterocycles. The van der Waals surface area contributed by atoms with Crippen molar-refractivity contribution in [3.63, 3.8) is 0 Å². The molecule has 0 aliphatic heterocycles. The Kier molecular flexibility index (Phi) is 6.59. The first-order valence-electron chi connectivity index (χ1n) is 9.59. The highest BCUT2D eigenvalue weighted by Gasteiger charge is 2.34. The quantitative estimate of drug-likeness (QED) is 0.414. The second-order valence-corrected chi connectivity index (χ2v) is 7.45. The van der Waals surface area contributed by atoms with E-state index in [2.05, 4.69) is 14.7 Å². The zero-order valence-electron chi connectivity index (χ0n) is 16.3. The van der Waals surface area contributed by atoms with Crippen LogP contribution in [0.2, 0.25) is 0 Å². The molecule has 3 nitrogen and oxygen atoms in total. The third kappa shape index (κ3) is 5.76. The van der Waals surface area contributed by atoms with Crippen LogP contribution in [0.1, 0.15) is 31.5 Å². The number of aromatic nitrogens is 2. The molecule has 3 aromatic rings. The molecule has 2 aromatic carbocycles. The van der Waals surface area contributed by atoms with Gasteiger partial charge in [-0.05, 0) is 48.6 Å². The molecule has 9 heteroatoms. The van der Waals surface area contributed by atoms with Gasteiger partial charge in [0.15, 0.2) is 0 Å². The lowest BCUT2D eigenvalue weighted by molar-refractivity contribution is -0.274. The SMILES string of the molecule is Cl.FC1(F)CCC(/C=C/c2nc3ccc(-c4ccccc4OC(F)(F)F)cc3[nH]2)CC1. The molecular weight excluding hydrogens is 439 g/mol. The van der Waals surface area contributed by atoms with Gasteiger partial charge in [-0.25, -0.2) is 13.8 Å². The molecule has 0 bridgehead atoms. The lowest BCUT2D eigenvalue weighted by Crippen LogP contribution is -2.23. The summed E-state index contributed by atoms with van der Waals surface area (Å²) >= 11 is 0. The third-order valence-electron chi connectivity index (χ3n) is 5.21. The number of hydrogen-bond donors (Lipinski definition) is 1. The molecule has 1 saturated carbocycles. The average Bonchev–Trinajstić information content (AvgIpc) is 3.08. The van der Waals surface area contributed by atoms with E-state index in [0.29, 0.717) is 40.8 Å². The van der Waals surface area contributed by atoms with Crippen LogP contribution in [0.15, 0.2) is 48.5 Å². The number of ether oxygens (including phenoxy) is 1. The minimum atomic E-state index is -4.78. The Labute approximate surface area is 181 Å². The molecular formula is C22H20ClF5N2O. The largest absolute Gasteiger partial charge is 0.573 e. The number of halogens is 6. The molecule has 1 aliphatic carbocycles. The maximum absolute atomic E-state index is 13.3. The predicted molar refractivity (Wildman–Crippen MR) is 111 cm³/mol. The lowest BCUT2D eigenvalue weighted by Gasteiger charge is -2.26. The van der Waals surface area contributed by atoms with Gasteiger partial charge >= 0.3 is 6.36 Å². The Bertz CT molecular complexity index is 1070. The Morgan fingerprint density at radius 1 is 1.06 bits per heavy atom. The number of alkyl halides is 5. The highest BCUT2D eigenvalue weighted by atomic mass is 35.5. The van der Waals surface area contributed by atoms with Gasteiger partial charge in [0, 0.05) is 18.4 Å². The maximum atomic E-state index is 13.3. The lowest BCUT2D eigenvalue weighted by atomic mass is 9.86. The van der Waals surface area contributed by atoms with Crippen LogP contribution in [0.25, 0.3) is 28.2 Å². The summed E-state index contributed by atoms with van der Waals surface area (Å²) in [5.74, 6) is -2.19. The Morgan fingerprint density at radius 3 is 2.48 bits per heavy atom. The number of aromatic amines is 1. The first-order chi connectivity index (χ1) is 14.2. The van der Waals surface area contributed by atoms with Gasteiger partial charge in [0.05, 0.1) is 11.0 Å². The fraction of sp³-hybridized carbons (Fsp3) is 0.318. The molecule has 1 aromatic heterocycles. The molecule has 31 heavy (non-hydrogen) atoms. The molecule has 0 saturated heterocycles. The molecule has 1 fully saturated rings. The Morgan fingerprint density at radius 2 is 1.77 bits per heavy atom. The summed E-state index contributed by atoms with van der Waals surface area (Å²) in [4.78, 5) is 7.56. The van der Waals surface area contributed by atoms with Gasteiger partial charge in [0.2, 0.25) is 5.92 Å². The summed E-state index contributed by atoms with van der Waals surface area (Å²) in [5.41, 5.74) is 2.18. The second kappa shape index (κ2) is 8.86. The monoisotopic (exact) mass is 458 g/mol. The van der Waals surface area contributed by atoms with E-state index in [0.717, 1.165) is 0 Å². The number of allylic oxidation sites excluding steroid dienone is 1. The van der Waals surface area contributed by atoms with E-state index >= 15 is 0 Å². The molecule has 0 radical (unpaired) electrons.